The highest BCUT2D eigenvalue weighted by Crippen LogP contribution is 2.14. The van der Waals surface area contributed by atoms with Crippen molar-refractivity contribution in [3.05, 3.63) is 94.2 Å². The average molecular weight is 335 g/mol. The van der Waals surface area contributed by atoms with Crippen LogP contribution in [0.1, 0.15) is 21.5 Å². The van der Waals surface area contributed by atoms with Gasteiger partial charge in [-0.15, -0.1) is 0 Å². The standard InChI is InChI=1S/C19H17N3O3/c23-18-8-5-16(12-21-18)19(24)22-11-14-3-6-17(7-4-14)25-13-15-2-1-9-20-10-15/h1-10,12H,11,13H2,(H,21,23)(H,22,24). The molecule has 0 unspecified atom stereocenters. The van der Waals surface area contributed by atoms with Gasteiger partial charge >= 0.3 is 0 Å². The van der Waals surface area contributed by atoms with Crippen LogP contribution in [0.5, 0.6) is 5.75 Å². The topological polar surface area (TPSA) is 84.1 Å². The van der Waals surface area contributed by atoms with Crippen molar-refractivity contribution in [3.8, 4) is 5.75 Å². The van der Waals surface area contributed by atoms with Crippen molar-refractivity contribution in [2.45, 2.75) is 13.2 Å². The van der Waals surface area contributed by atoms with Gasteiger partial charge in [-0.1, -0.05) is 18.2 Å². The Balaban J connectivity index is 1.51. The summed E-state index contributed by atoms with van der Waals surface area (Å²) in [5, 5.41) is 2.80. The molecule has 1 aromatic carbocycles. The van der Waals surface area contributed by atoms with Crippen molar-refractivity contribution in [2.24, 2.45) is 0 Å². The molecule has 0 bridgehead atoms. The molecular weight excluding hydrogens is 318 g/mol. The van der Waals surface area contributed by atoms with E-state index in [4.69, 9.17) is 4.74 Å². The number of hydrogen-bond acceptors (Lipinski definition) is 4. The van der Waals surface area contributed by atoms with E-state index in [1.165, 1.54) is 18.3 Å². The van der Waals surface area contributed by atoms with Crippen molar-refractivity contribution in [2.75, 3.05) is 0 Å². The Bertz CT molecular complexity index is 869. The largest absolute Gasteiger partial charge is 0.489 e. The summed E-state index contributed by atoms with van der Waals surface area (Å²) < 4.78 is 5.69. The maximum Gasteiger partial charge on any atom is 0.253 e. The Morgan fingerprint density at radius 1 is 1.08 bits per heavy atom. The van der Waals surface area contributed by atoms with E-state index in [2.05, 4.69) is 15.3 Å². The minimum absolute atomic E-state index is 0.238. The molecular formula is C19H17N3O3. The zero-order valence-electron chi connectivity index (χ0n) is 13.4. The molecule has 0 aliphatic carbocycles. The molecule has 2 aromatic heterocycles. The van der Waals surface area contributed by atoms with E-state index in [-0.39, 0.29) is 11.5 Å². The van der Waals surface area contributed by atoms with Crippen LogP contribution in [-0.4, -0.2) is 15.9 Å². The summed E-state index contributed by atoms with van der Waals surface area (Å²) >= 11 is 0. The van der Waals surface area contributed by atoms with Crippen LogP contribution in [0.15, 0.2) is 71.9 Å². The van der Waals surface area contributed by atoms with Crippen LogP contribution in [0.2, 0.25) is 0 Å². The third kappa shape index (κ3) is 4.78. The first-order valence-electron chi connectivity index (χ1n) is 7.78. The SMILES string of the molecule is O=C(NCc1ccc(OCc2cccnc2)cc1)c1ccc(=O)[nH]c1. The lowest BCUT2D eigenvalue weighted by Gasteiger charge is -2.08. The van der Waals surface area contributed by atoms with Gasteiger partial charge in [0.1, 0.15) is 12.4 Å². The molecule has 25 heavy (non-hydrogen) atoms. The van der Waals surface area contributed by atoms with E-state index >= 15 is 0 Å². The Hall–Kier alpha value is -3.41. The smallest absolute Gasteiger partial charge is 0.253 e. The van der Waals surface area contributed by atoms with E-state index in [0.29, 0.717) is 18.7 Å². The van der Waals surface area contributed by atoms with Gasteiger partial charge in [0.05, 0.1) is 5.56 Å². The molecule has 0 atom stereocenters. The number of aromatic amines is 1. The van der Waals surface area contributed by atoms with Gasteiger partial charge in [0.15, 0.2) is 0 Å². The number of pyridine rings is 2. The number of H-pyrrole nitrogens is 1. The summed E-state index contributed by atoms with van der Waals surface area (Å²) in [7, 11) is 0. The number of carbonyl (C=O) groups excluding carboxylic acids is 1. The molecule has 2 heterocycles. The van der Waals surface area contributed by atoms with Crippen molar-refractivity contribution < 1.29 is 9.53 Å². The van der Waals surface area contributed by atoms with Crippen LogP contribution in [-0.2, 0) is 13.2 Å². The molecule has 126 valence electrons. The summed E-state index contributed by atoms with van der Waals surface area (Å²) in [6.45, 7) is 0.844. The first kappa shape index (κ1) is 16.4. The van der Waals surface area contributed by atoms with E-state index in [1.807, 2.05) is 36.4 Å². The molecule has 2 N–H and O–H groups in total. The highest BCUT2D eigenvalue weighted by molar-refractivity contribution is 5.93. The minimum Gasteiger partial charge on any atom is -0.489 e. The summed E-state index contributed by atoms with van der Waals surface area (Å²) in [5.74, 6) is 0.507. The monoisotopic (exact) mass is 335 g/mol. The number of nitrogens with one attached hydrogen (secondary N) is 2. The molecule has 0 spiro atoms. The molecule has 0 saturated heterocycles. The molecule has 0 fully saturated rings. The molecule has 0 aliphatic heterocycles. The van der Waals surface area contributed by atoms with Gasteiger partial charge in [0, 0.05) is 36.8 Å². The fourth-order valence-electron chi connectivity index (χ4n) is 2.19. The molecule has 0 radical (unpaired) electrons. The number of nitrogens with zero attached hydrogens (tertiary/aromatic N) is 1. The van der Waals surface area contributed by atoms with Crippen LogP contribution in [0.4, 0.5) is 0 Å². The third-order valence-electron chi connectivity index (χ3n) is 3.55. The fraction of sp³-hybridized carbons (Fsp3) is 0.105. The lowest BCUT2D eigenvalue weighted by Crippen LogP contribution is -2.23. The Kier molecular flexibility index (Phi) is 5.21. The zero-order chi connectivity index (χ0) is 17.5. The average Bonchev–Trinajstić information content (AvgIpc) is 2.67. The second-order valence-corrected chi connectivity index (χ2v) is 5.42. The number of aromatic nitrogens is 2. The summed E-state index contributed by atoms with van der Waals surface area (Å²) in [5.41, 5.74) is 2.13. The van der Waals surface area contributed by atoms with Crippen molar-refractivity contribution in [1.29, 1.82) is 0 Å². The molecule has 0 aliphatic rings. The Morgan fingerprint density at radius 2 is 1.92 bits per heavy atom. The number of benzene rings is 1. The lowest BCUT2D eigenvalue weighted by molar-refractivity contribution is 0.0950. The molecule has 6 heteroatoms. The van der Waals surface area contributed by atoms with Crippen molar-refractivity contribution >= 4 is 5.91 Å². The number of rotatable bonds is 6. The zero-order valence-corrected chi connectivity index (χ0v) is 13.4. The Morgan fingerprint density at radius 3 is 2.60 bits per heavy atom. The Labute approximate surface area is 144 Å². The predicted molar refractivity (Wildman–Crippen MR) is 93.2 cm³/mol. The normalized spacial score (nSPS) is 10.2. The second-order valence-electron chi connectivity index (χ2n) is 5.42. The molecule has 6 nitrogen and oxygen atoms in total. The molecule has 3 rings (SSSR count). The predicted octanol–water partition coefficient (Wildman–Crippen LogP) is 2.28. The molecule has 0 saturated carbocycles. The van der Waals surface area contributed by atoms with Gasteiger partial charge in [0.25, 0.3) is 5.91 Å². The number of carbonyl (C=O) groups is 1. The van der Waals surface area contributed by atoms with Crippen molar-refractivity contribution in [3.63, 3.8) is 0 Å². The van der Waals surface area contributed by atoms with Gasteiger partial charge in [-0.2, -0.15) is 0 Å². The molecule has 3 aromatic rings. The third-order valence-corrected chi connectivity index (χ3v) is 3.55. The first-order valence-corrected chi connectivity index (χ1v) is 7.78. The van der Waals surface area contributed by atoms with E-state index in [0.717, 1.165) is 16.9 Å². The van der Waals surface area contributed by atoms with E-state index < -0.39 is 0 Å². The number of hydrogen-bond donors (Lipinski definition) is 2. The van der Waals surface area contributed by atoms with Gasteiger partial charge in [-0.05, 0) is 29.8 Å². The first-order chi connectivity index (χ1) is 12.2. The fourth-order valence-corrected chi connectivity index (χ4v) is 2.19. The van der Waals surface area contributed by atoms with Gasteiger partial charge < -0.3 is 15.0 Å². The van der Waals surface area contributed by atoms with Crippen LogP contribution < -0.4 is 15.6 Å². The lowest BCUT2D eigenvalue weighted by atomic mass is 10.2. The van der Waals surface area contributed by atoms with Gasteiger partial charge in [-0.3, -0.25) is 14.6 Å². The van der Waals surface area contributed by atoms with Crippen LogP contribution in [0, 0.1) is 0 Å². The summed E-state index contributed by atoms with van der Waals surface area (Å²) in [6.07, 6.45) is 4.88. The van der Waals surface area contributed by atoms with E-state index in [1.54, 1.807) is 12.4 Å². The number of ether oxygens (including phenoxy) is 1. The maximum atomic E-state index is 12.0. The quantitative estimate of drug-likeness (QED) is 0.724. The van der Waals surface area contributed by atoms with Crippen molar-refractivity contribution in [1.82, 2.24) is 15.3 Å². The highest BCUT2D eigenvalue weighted by atomic mass is 16.5. The maximum absolute atomic E-state index is 12.0. The summed E-state index contributed by atoms with van der Waals surface area (Å²) in [6, 6.07) is 14.1. The highest BCUT2D eigenvalue weighted by Gasteiger charge is 2.05. The summed E-state index contributed by atoms with van der Waals surface area (Å²) in [4.78, 5) is 29.5. The van der Waals surface area contributed by atoms with Gasteiger partial charge in [0.2, 0.25) is 5.56 Å². The van der Waals surface area contributed by atoms with Crippen LogP contribution in [0.3, 0.4) is 0 Å². The van der Waals surface area contributed by atoms with E-state index in [9.17, 15) is 9.59 Å². The molecule has 1 amide bonds. The van der Waals surface area contributed by atoms with Crippen LogP contribution in [0.25, 0.3) is 0 Å². The minimum atomic E-state index is -0.242. The van der Waals surface area contributed by atoms with Gasteiger partial charge in [-0.25, -0.2) is 0 Å². The number of amides is 1. The second kappa shape index (κ2) is 7.92. The van der Waals surface area contributed by atoms with Crippen LogP contribution >= 0.6 is 0 Å².